The van der Waals surface area contributed by atoms with E-state index in [1.54, 1.807) is 24.3 Å². The lowest BCUT2D eigenvalue weighted by atomic mass is 10.1. The van der Waals surface area contributed by atoms with Crippen LogP contribution in [0.15, 0.2) is 24.3 Å². The Morgan fingerprint density at radius 3 is 2.68 bits per heavy atom. The minimum Gasteiger partial charge on any atom is -0.384 e. The Bertz CT molecular complexity index is 614. The van der Waals surface area contributed by atoms with Gasteiger partial charge in [0, 0.05) is 12.1 Å². The van der Waals surface area contributed by atoms with Crippen molar-refractivity contribution in [3.05, 3.63) is 35.4 Å². The van der Waals surface area contributed by atoms with Gasteiger partial charge < -0.3 is 10.4 Å². The van der Waals surface area contributed by atoms with Crippen molar-refractivity contribution in [2.24, 2.45) is 5.14 Å². The van der Waals surface area contributed by atoms with E-state index in [-0.39, 0.29) is 18.9 Å². The molecule has 6 nitrogen and oxygen atoms in total. The summed E-state index contributed by atoms with van der Waals surface area (Å²) in [6.07, 6.45) is 0. The van der Waals surface area contributed by atoms with E-state index in [0.717, 1.165) is 0 Å². The number of primary sulfonamides is 1. The van der Waals surface area contributed by atoms with Gasteiger partial charge in [-0.25, -0.2) is 13.6 Å². The van der Waals surface area contributed by atoms with Crippen molar-refractivity contribution in [1.82, 2.24) is 5.32 Å². The van der Waals surface area contributed by atoms with Crippen LogP contribution in [0.2, 0.25) is 0 Å². The number of aliphatic hydroxyl groups is 1. The number of carbonyl (C=O) groups is 1. The second-order valence-corrected chi connectivity index (χ2v) is 5.36. The first-order valence-electron chi connectivity index (χ1n) is 5.41. The first-order valence-corrected chi connectivity index (χ1v) is 7.13. The van der Waals surface area contributed by atoms with E-state index in [1.807, 2.05) is 0 Å². The minimum absolute atomic E-state index is 0.0700. The maximum absolute atomic E-state index is 11.8. The van der Waals surface area contributed by atoms with Gasteiger partial charge in [-0.1, -0.05) is 24.0 Å². The molecule has 1 rings (SSSR count). The molecule has 0 heterocycles. The van der Waals surface area contributed by atoms with Crippen molar-refractivity contribution in [1.29, 1.82) is 0 Å². The molecule has 19 heavy (non-hydrogen) atoms. The number of nitrogens with two attached hydrogens (primary N) is 1. The van der Waals surface area contributed by atoms with Crippen molar-refractivity contribution < 1.29 is 18.3 Å². The molecule has 0 saturated carbocycles. The molecule has 0 aliphatic heterocycles. The zero-order valence-corrected chi connectivity index (χ0v) is 10.9. The van der Waals surface area contributed by atoms with Gasteiger partial charge in [-0.2, -0.15) is 0 Å². The SMILES string of the molecule is NS(=O)(=O)CCNC(=O)c1ccccc1C#CCO. The standard InChI is InChI=1S/C12H14N2O4S/c13-19(17,18)9-7-14-12(16)11-6-2-1-4-10(11)5-3-8-15/h1-2,4,6,15H,7-9H2,(H,14,16)(H2,13,17,18). The lowest BCUT2D eigenvalue weighted by molar-refractivity contribution is 0.0956. The molecule has 0 aromatic heterocycles. The Hall–Kier alpha value is -1.88. The van der Waals surface area contributed by atoms with Gasteiger partial charge in [0.05, 0.1) is 11.3 Å². The third-order valence-corrected chi connectivity index (χ3v) is 2.92. The van der Waals surface area contributed by atoms with Gasteiger partial charge in [-0.15, -0.1) is 0 Å². The highest BCUT2D eigenvalue weighted by Gasteiger charge is 2.10. The second kappa shape index (κ2) is 6.89. The number of hydrogen-bond donors (Lipinski definition) is 3. The monoisotopic (exact) mass is 282 g/mol. The lowest BCUT2D eigenvalue weighted by Gasteiger charge is -2.06. The summed E-state index contributed by atoms with van der Waals surface area (Å²) in [5.41, 5.74) is 0.780. The molecule has 0 bridgehead atoms. The summed E-state index contributed by atoms with van der Waals surface area (Å²) in [6, 6.07) is 6.58. The van der Waals surface area contributed by atoms with Crippen LogP contribution in [0.5, 0.6) is 0 Å². The third-order valence-electron chi connectivity index (χ3n) is 2.15. The quantitative estimate of drug-likeness (QED) is 0.618. The molecule has 0 spiro atoms. The van der Waals surface area contributed by atoms with E-state index in [4.69, 9.17) is 10.2 Å². The Morgan fingerprint density at radius 2 is 2.05 bits per heavy atom. The minimum atomic E-state index is -3.60. The van der Waals surface area contributed by atoms with Gasteiger partial charge in [0.1, 0.15) is 6.61 Å². The number of nitrogens with one attached hydrogen (secondary N) is 1. The van der Waals surface area contributed by atoms with Crippen molar-refractivity contribution >= 4 is 15.9 Å². The molecule has 0 aliphatic carbocycles. The van der Waals surface area contributed by atoms with Crippen LogP contribution < -0.4 is 10.5 Å². The van der Waals surface area contributed by atoms with E-state index in [2.05, 4.69) is 17.2 Å². The summed E-state index contributed by atoms with van der Waals surface area (Å²) >= 11 is 0. The van der Waals surface area contributed by atoms with Crippen LogP contribution in [0.25, 0.3) is 0 Å². The van der Waals surface area contributed by atoms with Gasteiger partial charge in [0.25, 0.3) is 5.91 Å². The molecule has 1 aromatic carbocycles. The molecule has 1 amide bonds. The average molecular weight is 282 g/mol. The predicted molar refractivity (Wildman–Crippen MR) is 70.7 cm³/mol. The fraction of sp³-hybridized carbons (Fsp3) is 0.250. The number of hydrogen-bond acceptors (Lipinski definition) is 4. The smallest absolute Gasteiger partial charge is 0.252 e. The molecule has 102 valence electrons. The number of rotatable bonds is 4. The molecular formula is C12H14N2O4S. The van der Waals surface area contributed by atoms with Crippen LogP contribution in [0.1, 0.15) is 15.9 Å². The summed E-state index contributed by atoms with van der Waals surface area (Å²) in [4.78, 5) is 11.8. The molecule has 0 fully saturated rings. The fourth-order valence-corrected chi connectivity index (χ4v) is 1.71. The number of sulfonamides is 1. The normalized spacial score (nSPS) is 10.4. The summed E-state index contributed by atoms with van der Waals surface area (Å²) < 4.78 is 21.5. The third kappa shape index (κ3) is 5.52. The second-order valence-electron chi connectivity index (χ2n) is 3.63. The molecule has 4 N–H and O–H groups in total. The van der Waals surface area contributed by atoms with E-state index in [9.17, 15) is 13.2 Å². The molecule has 0 atom stereocenters. The van der Waals surface area contributed by atoms with Gasteiger partial charge in [-0.05, 0) is 12.1 Å². The Labute approximate surface area is 111 Å². The molecule has 0 aliphatic rings. The van der Waals surface area contributed by atoms with Crippen LogP contribution >= 0.6 is 0 Å². The molecule has 0 saturated heterocycles. The lowest BCUT2D eigenvalue weighted by Crippen LogP contribution is -2.31. The van der Waals surface area contributed by atoms with Crippen LogP contribution in [-0.2, 0) is 10.0 Å². The van der Waals surface area contributed by atoms with Gasteiger partial charge in [0.2, 0.25) is 10.0 Å². The fourth-order valence-electron chi connectivity index (χ4n) is 1.33. The molecular weight excluding hydrogens is 268 g/mol. The van der Waals surface area contributed by atoms with E-state index in [1.165, 1.54) is 0 Å². The predicted octanol–water partition coefficient (Wildman–Crippen LogP) is -0.951. The highest BCUT2D eigenvalue weighted by molar-refractivity contribution is 7.89. The molecule has 1 aromatic rings. The number of benzene rings is 1. The van der Waals surface area contributed by atoms with Crippen molar-refractivity contribution in [2.75, 3.05) is 18.9 Å². The van der Waals surface area contributed by atoms with Crippen LogP contribution in [0.3, 0.4) is 0 Å². The van der Waals surface area contributed by atoms with Crippen molar-refractivity contribution in [3.63, 3.8) is 0 Å². The molecule has 7 heteroatoms. The number of aliphatic hydroxyl groups excluding tert-OH is 1. The Morgan fingerprint density at radius 1 is 1.37 bits per heavy atom. The maximum Gasteiger partial charge on any atom is 0.252 e. The molecule has 0 unspecified atom stereocenters. The maximum atomic E-state index is 11.8. The van der Waals surface area contributed by atoms with Crippen LogP contribution in [-0.4, -0.2) is 38.3 Å². The highest BCUT2D eigenvalue weighted by atomic mass is 32.2. The topological polar surface area (TPSA) is 109 Å². The molecule has 0 radical (unpaired) electrons. The Balaban J connectivity index is 2.77. The van der Waals surface area contributed by atoms with Crippen LogP contribution in [0.4, 0.5) is 0 Å². The Kier molecular flexibility index (Phi) is 5.51. The zero-order valence-electron chi connectivity index (χ0n) is 10.1. The summed E-state index contributed by atoms with van der Waals surface area (Å²) in [6.45, 7) is -0.374. The van der Waals surface area contributed by atoms with Gasteiger partial charge >= 0.3 is 0 Å². The summed E-state index contributed by atoms with van der Waals surface area (Å²) in [7, 11) is -3.60. The first-order chi connectivity index (χ1) is 8.94. The largest absolute Gasteiger partial charge is 0.384 e. The van der Waals surface area contributed by atoms with Crippen molar-refractivity contribution in [3.8, 4) is 11.8 Å². The van der Waals surface area contributed by atoms with Gasteiger partial charge in [-0.3, -0.25) is 4.79 Å². The van der Waals surface area contributed by atoms with Crippen LogP contribution in [0, 0.1) is 11.8 Å². The average Bonchev–Trinajstić information content (AvgIpc) is 2.35. The number of carbonyl (C=O) groups excluding carboxylic acids is 1. The first kappa shape index (κ1) is 15.2. The summed E-state index contributed by atoms with van der Waals surface area (Å²) in [5.74, 6) is 4.33. The zero-order chi connectivity index (χ0) is 14.3. The van der Waals surface area contributed by atoms with Gasteiger partial charge in [0.15, 0.2) is 0 Å². The van der Waals surface area contributed by atoms with E-state index >= 15 is 0 Å². The van der Waals surface area contributed by atoms with E-state index in [0.29, 0.717) is 11.1 Å². The van der Waals surface area contributed by atoms with E-state index < -0.39 is 15.9 Å². The number of amides is 1. The highest BCUT2D eigenvalue weighted by Crippen LogP contribution is 2.06. The van der Waals surface area contributed by atoms with Crippen molar-refractivity contribution in [2.45, 2.75) is 0 Å². The summed E-state index contributed by atoms with van der Waals surface area (Å²) in [5, 5.41) is 15.9.